The molecule has 1 atom stereocenters. The van der Waals surface area contributed by atoms with Gasteiger partial charge in [0.2, 0.25) is 11.8 Å². The van der Waals surface area contributed by atoms with Gasteiger partial charge in [0, 0.05) is 18.7 Å². The zero-order valence-corrected chi connectivity index (χ0v) is 14.3. The van der Waals surface area contributed by atoms with Crippen LogP contribution in [0.5, 0.6) is 0 Å². The Balaban J connectivity index is 1.85. The Labute approximate surface area is 145 Å². The van der Waals surface area contributed by atoms with E-state index in [2.05, 4.69) is 15.8 Å². The summed E-state index contributed by atoms with van der Waals surface area (Å²) in [6, 6.07) is 9.40. The second-order valence-corrected chi connectivity index (χ2v) is 5.63. The minimum Gasteiger partial charge on any atom is -0.360 e. The first-order valence-electron chi connectivity index (χ1n) is 7.71. The van der Waals surface area contributed by atoms with Gasteiger partial charge >= 0.3 is 0 Å². The number of nitrogens with one attached hydrogen (secondary N) is 2. The number of benzene rings is 1. The van der Waals surface area contributed by atoms with Gasteiger partial charge < -0.3 is 20.1 Å². The number of rotatable bonds is 6. The molecular formula is C17H20N4O4. The first kappa shape index (κ1) is 18.2. The second-order valence-electron chi connectivity index (χ2n) is 5.63. The van der Waals surface area contributed by atoms with Crippen molar-refractivity contribution in [2.75, 3.05) is 18.9 Å². The minimum absolute atomic E-state index is 0.170. The first-order chi connectivity index (χ1) is 11.9. The van der Waals surface area contributed by atoms with Gasteiger partial charge in [-0.15, -0.1) is 0 Å². The molecule has 1 aromatic carbocycles. The Morgan fingerprint density at radius 1 is 1.24 bits per heavy atom. The minimum atomic E-state index is -0.764. The van der Waals surface area contributed by atoms with Crippen LogP contribution in [-0.4, -0.2) is 47.4 Å². The summed E-state index contributed by atoms with van der Waals surface area (Å²) in [5, 5.41) is 8.79. The lowest BCUT2D eigenvalue weighted by Gasteiger charge is -2.21. The largest absolute Gasteiger partial charge is 0.360 e. The zero-order chi connectivity index (χ0) is 18.4. The van der Waals surface area contributed by atoms with E-state index in [9.17, 15) is 14.4 Å². The highest BCUT2D eigenvalue weighted by Gasteiger charge is 2.22. The van der Waals surface area contributed by atoms with E-state index in [0.717, 1.165) is 0 Å². The molecule has 1 unspecified atom stereocenters. The lowest BCUT2D eigenvalue weighted by molar-refractivity contribution is -0.134. The average molecular weight is 344 g/mol. The maximum Gasteiger partial charge on any atom is 0.251 e. The van der Waals surface area contributed by atoms with Crippen molar-refractivity contribution in [3.05, 3.63) is 47.7 Å². The van der Waals surface area contributed by atoms with Crippen LogP contribution in [-0.2, 0) is 9.59 Å². The average Bonchev–Trinajstić information content (AvgIpc) is 2.99. The SMILES string of the molecule is Cc1cc(NC(=O)CN(C)C(=O)C(C)NC(=O)c2ccccc2)no1. The van der Waals surface area contributed by atoms with Crippen LogP contribution in [0.15, 0.2) is 40.9 Å². The van der Waals surface area contributed by atoms with Crippen LogP contribution in [0, 0.1) is 6.92 Å². The number of nitrogens with zero attached hydrogens (tertiary/aromatic N) is 2. The van der Waals surface area contributed by atoms with Crippen molar-refractivity contribution in [3.8, 4) is 0 Å². The van der Waals surface area contributed by atoms with E-state index in [1.807, 2.05) is 0 Å². The van der Waals surface area contributed by atoms with E-state index in [1.54, 1.807) is 50.2 Å². The van der Waals surface area contributed by atoms with Crippen molar-refractivity contribution in [1.29, 1.82) is 0 Å². The Morgan fingerprint density at radius 2 is 1.92 bits per heavy atom. The summed E-state index contributed by atoms with van der Waals surface area (Å²) in [5.41, 5.74) is 0.462. The Hall–Kier alpha value is -3.16. The van der Waals surface area contributed by atoms with E-state index in [1.165, 1.54) is 11.9 Å². The van der Waals surface area contributed by atoms with Crippen LogP contribution in [0.3, 0.4) is 0 Å². The number of aromatic nitrogens is 1. The van der Waals surface area contributed by atoms with Crippen molar-refractivity contribution in [2.45, 2.75) is 19.9 Å². The smallest absolute Gasteiger partial charge is 0.251 e. The highest BCUT2D eigenvalue weighted by Crippen LogP contribution is 2.07. The van der Waals surface area contributed by atoms with Crippen molar-refractivity contribution in [3.63, 3.8) is 0 Å². The number of amides is 3. The van der Waals surface area contributed by atoms with Crippen molar-refractivity contribution in [2.24, 2.45) is 0 Å². The number of likely N-dealkylation sites (N-methyl/N-ethyl adjacent to an activating group) is 1. The lowest BCUT2D eigenvalue weighted by atomic mass is 10.2. The quantitative estimate of drug-likeness (QED) is 0.819. The molecule has 1 aromatic heterocycles. The summed E-state index contributed by atoms with van der Waals surface area (Å²) < 4.78 is 4.85. The number of hydrogen-bond donors (Lipinski definition) is 2. The fourth-order valence-electron chi connectivity index (χ4n) is 2.16. The van der Waals surface area contributed by atoms with E-state index < -0.39 is 11.9 Å². The monoisotopic (exact) mass is 344 g/mol. The summed E-state index contributed by atoms with van der Waals surface area (Å²) in [4.78, 5) is 37.5. The van der Waals surface area contributed by atoms with Crippen LogP contribution < -0.4 is 10.6 Å². The number of anilines is 1. The van der Waals surface area contributed by atoms with Gasteiger partial charge in [-0.2, -0.15) is 0 Å². The molecule has 2 rings (SSSR count). The normalized spacial score (nSPS) is 11.5. The fraction of sp³-hybridized carbons (Fsp3) is 0.294. The molecule has 0 saturated carbocycles. The molecule has 25 heavy (non-hydrogen) atoms. The molecule has 0 spiro atoms. The number of hydrogen-bond acceptors (Lipinski definition) is 5. The Morgan fingerprint density at radius 3 is 2.52 bits per heavy atom. The van der Waals surface area contributed by atoms with Gasteiger partial charge in [0.05, 0.1) is 6.54 Å². The molecule has 3 amide bonds. The third kappa shape index (κ3) is 5.17. The highest BCUT2D eigenvalue weighted by molar-refractivity contribution is 5.98. The van der Waals surface area contributed by atoms with E-state index in [-0.39, 0.29) is 24.2 Å². The molecular weight excluding hydrogens is 324 g/mol. The first-order valence-corrected chi connectivity index (χ1v) is 7.71. The molecule has 0 aliphatic rings. The van der Waals surface area contributed by atoms with Gasteiger partial charge in [-0.05, 0) is 26.0 Å². The Bertz CT molecular complexity index is 757. The standard InChI is InChI=1S/C17H20N4O4/c1-11-9-14(20-25-11)19-15(22)10-21(3)17(24)12(2)18-16(23)13-7-5-4-6-8-13/h4-9,12H,10H2,1-3H3,(H,18,23)(H,19,20,22). The van der Waals surface area contributed by atoms with Crippen LogP contribution >= 0.6 is 0 Å². The van der Waals surface area contributed by atoms with E-state index in [4.69, 9.17) is 4.52 Å². The fourth-order valence-corrected chi connectivity index (χ4v) is 2.16. The third-order valence-electron chi connectivity index (χ3n) is 3.41. The van der Waals surface area contributed by atoms with Gasteiger partial charge in [0.15, 0.2) is 5.82 Å². The van der Waals surface area contributed by atoms with Gasteiger partial charge in [-0.3, -0.25) is 14.4 Å². The van der Waals surface area contributed by atoms with Crippen molar-refractivity contribution in [1.82, 2.24) is 15.4 Å². The molecule has 0 aliphatic carbocycles. The molecule has 0 aliphatic heterocycles. The molecule has 0 saturated heterocycles. The molecule has 1 heterocycles. The number of carbonyl (C=O) groups is 3. The maximum absolute atomic E-state index is 12.3. The number of carbonyl (C=O) groups excluding carboxylic acids is 3. The second kappa shape index (κ2) is 8.09. The molecule has 2 N–H and O–H groups in total. The van der Waals surface area contributed by atoms with Crippen molar-refractivity contribution < 1.29 is 18.9 Å². The maximum atomic E-state index is 12.3. The lowest BCUT2D eigenvalue weighted by Crippen LogP contribution is -2.47. The molecule has 8 heteroatoms. The third-order valence-corrected chi connectivity index (χ3v) is 3.41. The molecule has 0 fully saturated rings. The highest BCUT2D eigenvalue weighted by atomic mass is 16.5. The summed E-state index contributed by atoms with van der Waals surface area (Å²) in [5.74, 6) is -0.287. The number of aryl methyl sites for hydroxylation is 1. The van der Waals surface area contributed by atoms with E-state index in [0.29, 0.717) is 11.3 Å². The van der Waals surface area contributed by atoms with Crippen LogP contribution in [0.1, 0.15) is 23.0 Å². The van der Waals surface area contributed by atoms with E-state index >= 15 is 0 Å². The van der Waals surface area contributed by atoms with Crippen LogP contribution in [0.4, 0.5) is 5.82 Å². The predicted octanol–water partition coefficient (Wildman–Crippen LogP) is 1.20. The van der Waals surface area contributed by atoms with Gasteiger partial charge in [-0.1, -0.05) is 23.4 Å². The van der Waals surface area contributed by atoms with Gasteiger partial charge in [-0.25, -0.2) is 0 Å². The zero-order valence-electron chi connectivity index (χ0n) is 14.3. The predicted molar refractivity (Wildman–Crippen MR) is 90.9 cm³/mol. The van der Waals surface area contributed by atoms with Crippen molar-refractivity contribution >= 4 is 23.5 Å². The Kier molecular flexibility index (Phi) is 5.89. The van der Waals surface area contributed by atoms with Crippen LogP contribution in [0.25, 0.3) is 0 Å². The summed E-state index contributed by atoms with van der Waals surface area (Å²) >= 11 is 0. The summed E-state index contributed by atoms with van der Waals surface area (Å²) in [6.07, 6.45) is 0. The topological polar surface area (TPSA) is 105 Å². The summed E-state index contributed by atoms with van der Waals surface area (Å²) in [6.45, 7) is 3.10. The van der Waals surface area contributed by atoms with Gasteiger partial charge in [0.1, 0.15) is 11.8 Å². The molecule has 132 valence electrons. The molecule has 8 nitrogen and oxygen atoms in total. The summed E-state index contributed by atoms with van der Waals surface area (Å²) in [7, 11) is 1.49. The molecule has 2 aromatic rings. The molecule has 0 bridgehead atoms. The van der Waals surface area contributed by atoms with Crippen LogP contribution in [0.2, 0.25) is 0 Å². The van der Waals surface area contributed by atoms with Gasteiger partial charge in [0.25, 0.3) is 5.91 Å². The molecule has 0 radical (unpaired) electrons.